The van der Waals surface area contributed by atoms with E-state index in [-0.39, 0.29) is 23.3 Å². The zero-order valence-corrected chi connectivity index (χ0v) is 15.5. The highest BCUT2D eigenvalue weighted by molar-refractivity contribution is 7.18. The van der Waals surface area contributed by atoms with Crippen molar-refractivity contribution in [1.82, 2.24) is 0 Å². The van der Waals surface area contributed by atoms with Crippen LogP contribution in [0.4, 0.5) is 13.8 Å². The molecule has 1 aliphatic rings. The Hall–Kier alpha value is -2.36. The molecule has 3 N–H and O–H groups in total. The number of ether oxygens (including phenoxy) is 2. The van der Waals surface area contributed by atoms with Gasteiger partial charge in [0.1, 0.15) is 22.7 Å². The fourth-order valence-electron chi connectivity index (χ4n) is 2.61. The number of hydrogen-bond acceptors (Lipinski definition) is 6. The molecular formula is C18H18F2N2O4S. The molecule has 0 spiro atoms. The van der Waals surface area contributed by atoms with E-state index in [1.54, 1.807) is 6.92 Å². The summed E-state index contributed by atoms with van der Waals surface area (Å²) in [5.74, 6) is -3.42. The Morgan fingerprint density at radius 1 is 1.30 bits per heavy atom. The Balaban J connectivity index is 2.14. The summed E-state index contributed by atoms with van der Waals surface area (Å²) in [6, 6.07) is 2.33. The molecule has 2 atom stereocenters. The average molecular weight is 396 g/mol. The Kier molecular flexibility index (Phi) is 5.54. The third-order valence-corrected chi connectivity index (χ3v) is 4.98. The molecule has 0 bridgehead atoms. The van der Waals surface area contributed by atoms with Crippen molar-refractivity contribution >= 4 is 28.0 Å². The maximum absolute atomic E-state index is 14.2. The van der Waals surface area contributed by atoms with Crippen LogP contribution in [0.1, 0.15) is 35.3 Å². The van der Waals surface area contributed by atoms with Crippen molar-refractivity contribution in [3.05, 3.63) is 46.5 Å². The second-order valence-corrected chi connectivity index (χ2v) is 7.20. The van der Waals surface area contributed by atoms with E-state index in [1.165, 1.54) is 13.0 Å². The van der Waals surface area contributed by atoms with Crippen molar-refractivity contribution < 1.29 is 27.8 Å². The standard InChI is InChI=1S/C18H18F2N2O4S/c1-8-6-25-7-10-13(15(23)14-11(19)4-3-5-12(14)20)17(27-18(10)26-8)22-16(24)9(2)21/h3-5,8-9H,6-7,21H2,1-2H3,(H,22,24)/t8-,9-/m0/s1. The lowest BCUT2D eigenvalue weighted by Crippen LogP contribution is -2.32. The fraction of sp³-hybridized carbons (Fsp3) is 0.333. The maximum atomic E-state index is 14.2. The highest BCUT2D eigenvalue weighted by atomic mass is 32.1. The summed E-state index contributed by atoms with van der Waals surface area (Å²) in [6.07, 6.45) is -0.282. The van der Waals surface area contributed by atoms with Gasteiger partial charge in [0.2, 0.25) is 11.7 Å². The Morgan fingerprint density at radius 3 is 2.59 bits per heavy atom. The molecule has 9 heteroatoms. The van der Waals surface area contributed by atoms with E-state index in [9.17, 15) is 18.4 Å². The SMILES string of the molecule is C[C@H](N)C(=O)Nc1sc2c(c1C(=O)c1c(F)cccc1F)COC[C@H](C)O2. The lowest BCUT2D eigenvalue weighted by molar-refractivity contribution is -0.117. The van der Waals surface area contributed by atoms with Crippen molar-refractivity contribution in [2.24, 2.45) is 5.73 Å². The smallest absolute Gasteiger partial charge is 0.241 e. The van der Waals surface area contributed by atoms with Gasteiger partial charge in [-0.05, 0) is 26.0 Å². The van der Waals surface area contributed by atoms with Crippen LogP contribution in [0.2, 0.25) is 0 Å². The monoisotopic (exact) mass is 396 g/mol. The summed E-state index contributed by atoms with van der Waals surface area (Å²) in [4.78, 5) is 25.1. The molecule has 3 rings (SSSR count). The van der Waals surface area contributed by atoms with Gasteiger partial charge in [-0.3, -0.25) is 9.59 Å². The number of rotatable bonds is 4. The minimum absolute atomic E-state index is 0.0152. The molecule has 2 aromatic rings. The average Bonchev–Trinajstić information content (AvgIpc) is 2.80. The van der Waals surface area contributed by atoms with Crippen LogP contribution >= 0.6 is 11.3 Å². The van der Waals surface area contributed by atoms with Crippen molar-refractivity contribution in [3.8, 4) is 5.06 Å². The van der Waals surface area contributed by atoms with E-state index in [0.717, 1.165) is 23.5 Å². The number of fused-ring (bicyclic) bond motifs is 1. The highest BCUT2D eigenvalue weighted by Crippen LogP contribution is 2.43. The lowest BCUT2D eigenvalue weighted by atomic mass is 10.0. The van der Waals surface area contributed by atoms with Gasteiger partial charge in [0, 0.05) is 5.56 Å². The number of anilines is 1. The Labute approximate surface area is 158 Å². The molecule has 1 aromatic heterocycles. The van der Waals surface area contributed by atoms with Gasteiger partial charge in [0.05, 0.1) is 30.4 Å². The predicted octanol–water partition coefficient (Wildman–Crippen LogP) is 2.84. The topological polar surface area (TPSA) is 90.7 Å². The molecule has 1 aromatic carbocycles. The first-order valence-electron chi connectivity index (χ1n) is 8.24. The molecule has 144 valence electrons. The normalized spacial score (nSPS) is 17.4. The van der Waals surface area contributed by atoms with Gasteiger partial charge in [-0.15, -0.1) is 0 Å². The van der Waals surface area contributed by atoms with E-state index in [4.69, 9.17) is 15.2 Å². The summed E-state index contributed by atoms with van der Waals surface area (Å²) in [5, 5.41) is 3.02. The maximum Gasteiger partial charge on any atom is 0.241 e. The summed E-state index contributed by atoms with van der Waals surface area (Å²) >= 11 is 1.00. The van der Waals surface area contributed by atoms with Gasteiger partial charge in [0.25, 0.3) is 0 Å². The van der Waals surface area contributed by atoms with Crippen LogP contribution in [0.25, 0.3) is 0 Å². The minimum atomic E-state index is -0.992. The summed E-state index contributed by atoms with van der Waals surface area (Å²) in [6.45, 7) is 3.58. The summed E-state index contributed by atoms with van der Waals surface area (Å²) in [7, 11) is 0. The van der Waals surface area contributed by atoms with Crippen LogP contribution in [0, 0.1) is 11.6 Å². The van der Waals surface area contributed by atoms with Crippen LogP contribution in [-0.2, 0) is 16.1 Å². The molecule has 0 saturated carbocycles. The first-order valence-corrected chi connectivity index (χ1v) is 9.06. The predicted molar refractivity (Wildman–Crippen MR) is 96.1 cm³/mol. The number of nitrogens with two attached hydrogens (primary N) is 1. The molecule has 0 aliphatic carbocycles. The molecule has 0 unspecified atom stereocenters. The fourth-order valence-corrected chi connectivity index (χ4v) is 3.76. The molecule has 0 radical (unpaired) electrons. The van der Waals surface area contributed by atoms with E-state index < -0.39 is 34.9 Å². The number of carbonyl (C=O) groups is 2. The summed E-state index contributed by atoms with van der Waals surface area (Å²) < 4.78 is 39.6. The second-order valence-electron chi connectivity index (χ2n) is 6.22. The number of halogens is 2. The lowest BCUT2D eigenvalue weighted by Gasteiger charge is -2.11. The van der Waals surface area contributed by atoms with Crippen molar-refractivity contribution in [2.75, 3.05) is 11.9 Å². The molecule has 6 nitrogen and oxygen atoms in total. The molecule has 0 saturated heterocycles. The van der Waals surface area contributed by atoms with E-state index in [0.29, 0.717) is 17.2 Å². The zero-order chi connectivity index (χ0) is 19.7. The zero-order valence-electron chi connectivity index (χ0n) is 14.7. The number of thiophene rings is 1. The summed E-state index contributed by atoms with van der Waals surface area (Å²) in [5.41, 5.74) is 5.16. The Bertz CT molecular complexity index is 877. The number of carbonyl (C=O) groups excluding carboxylic acids is 2. The van der Waals surface area contributed by atoms with Crippen molar-refractivity contribution in [3.63, 3.8) is 0 Å². The van der Waals surface area contributed by atoms with Crippen LogP contribution in [0.5, 0.6) is 5.06 Å². The third kappa shape index (κ3) is 3.85. The second kappa shape index (κ2) is 7.71. The number of nitrogens with one attached hydrogen (secondary N) is 1. The van der Waals surface area contributed by atoms with Crippen LogP contribution in [0.3, 0.4) is 0 Å². The van der Waals surface area contributed by atoms with Gasteiger partial charge in [-0.25, -0.2) is 8.78 Å². The van der Waals surface area contributed by atoms with E-state index >= 15 is 0 Å². The molecule has 27 heavy (non-hydrogen) atoms. The Morgan fingerprint density at radius 2 is 1.96 bits per heavy atom. The molecule has 0 fully saturated rings. The first-order chi connectivity index (χ1) is 12.8. The largest absolute Gasteiger partial charge is 0.478 e. The van der Waals surface area contributed by atoms with E-state index in [2.05, 4.69) is 5.32 Å². The van der Waals surface area contributed by atoms with Gasteiger partial charge in [-0.1, -0.05) is 17.4 Å². The molecular weight excluding hydrogens is 378 g/mol. The highest BCUT2D eigenvalue weighted by Gasteiger charge is 2.32. The van der Waals surface area contributed by atoms with Crippen LogP contribution in [-0.4, -0.2) is 30.4 Å². The van der Waals surface area contributed by atoms with Gasteiger partial charge in [-0.2, -0.15) is 0 Å². The number of benzene rings is 1. The van der Waals surface area contributed by atoms with Gasteiger partial charge >= 0.3 is 0 Å². The third-order valence-electron chi connectivity index (χ3n) is 3.94. The number of amides is 1. The van der Waals surface area contributed by atoms with Gasteiger partial charge in [0.15, 0.2) is 5.06 Å². The first kappa shape index (κ1) is 19.4. The van der Waals surface area contributed by atoms with Gasteiger partial charge < -0.3 is 20.5 Å². The van der Waals surface area contributed by atoms with Crippen molar-refractivity contribution in [2.45, 2.75) is 32.6 Å². The molecule has 2 heterocycles. The molecule has 1 amide bonds. The van der Waals surface area contributed by atoms with Crippen LogP contribution < -0.4 is 15.8 Å². The minimum Gasteiger partial charge on any atom is -0.478 e. The van der Waals surface area contributed by atoms with E-state index in [1.807, 2.05) is 0 Å². The molecule has 1 aliphatic heterocycles. The van der Waals surface area contributed by atoms with Crippen molar-refractivity contribution in [1.29, 1.82) is 0 Å². The quantitative estimate of drug-likeness (QED) is 0.776. The number of ketones is 1. The van der Waals surface area contributed by atoms with Crippen LogP contribution in [0.15, 0.2) is 18.2 Å². The number of hydrogen-bond donors (Lipinski definition) is 2.